The lowest BCUT2D eigenvalue weighted by Gasteiger charge is -2.57. The molecule has 1 aromatic carbocycles. The van der Waals surface area contributed by atoms with Crippen LogP contribution in [-0.4, -0.2) is 35.0 Å². The van der Waals surface area contributed by atoms with Crippen LogP contribution in [0.4, 0.5) is 4.79 Å². The smallest absolute Gasteiger partial charge is 0.317 e. The minimum Gasteiger partial charge on any atom is -0.351 e. The van der Waals surface area contributed by atoms with E-state index in [2.05, 4.69) is 10.6 Å². The molecule has 7 heteroatoms. The van der Waals surface area contributed by atoms with Crippen molar-refractivity contribution < 1.29 is 9.59 Å². The summed E-state index contributed by atoms with van der Waals surface area (Å²) in [5.74, 6) is 2.53. The summed E-state index contributed by atoms with van der Waals surface area (Å²) in [6.07, 6.45) is 10.9. The van der Waals surface area contributed by atoms with Gasteiger partial charge in [0.05, 0.1) is 0 Å². The van der Waals surface area contributed by atoms with Crippen LogP contribution in [0.25, 0.3) is 0 Å². The number of nitrogens with one attached hydrogen (secondary N) is 2. The topological polar surface area (TPSA) is 61.4 Å². The summed E-state index contributed by atoms with van der Waals surface area (Å²) in [5, 5.41) is 7.58. The molecule has 3 amide bonds. The predicted molar refractivity (Wildman–Crippen MR) is 127 cm³/mol. The summed E-state index contributed by atoms with van der Waals surface area (Å²) in [6.45, 7) is 1.03. The number of halogens is 2. The van der Waals surface area contributed by atoms with Crippen LogP contribution in [0.2, 0.25) is 10.0 Å². The van der Waals surface area contributed by atoms with Gasteiger partial charge < -0.3 is 15.5 Å². The fourth-order valence-corrected chi connectivity index (χ4v) is 7.72. The molecule has 4 saturated carbocycles. The number of piperidine rings is 1. The highest BCUT2D eigenvalue weighted by Crippen LogP contribution is 2.55. The summed E-state index contributed by atoms with van der Waals surface area (Å²) in [6, 6.07) is 5.12. The number of hydrogen-bond acceptors (Lipinski definition) is 2. The van der Waals surface area contributed by atoms with Crippen molar-refractivity contribution in [1.82, 2.24) is 15.5 Å². The van der Waals surface area contributed by atoms with Crippen molar-refractivity contribution >= 4 is 35.1 Å². The van der Waals surface area contributed by atoms with Gasteiger partial charge >= 0.3 is 6.03 Å². The third-order valence-corrected chi connectivity index (χ3v) is 8.78. The van der Waals surface area contributed by atoms with Crippen molar-refractivity contribution in [1.29, 1.82) is 0 Å². The molecule has 32 heavy (non-hydrogen) atoms. The Morgan fingerprint density at radius 1 is 1.03 bits per heavy atom. The lowest BCUT2D eigenvalue weighted by Crippen LogP contribution is -2.60. The van der Waals surface area contributed by atoms with Crippen molar-refractivity contribution in [3.05, 3.63) is 33.8 Å². The molecular weight excluding hydrogens is 445 g/mol. The molecule has 4 aliphatic carbocycles. The Morgan fingerprint density at radius 3 is 2.38 bits per heavy atom. The normalized spacial score (nSPS) is 33.2. The summed E-state index contributed by atoms with van der Waals surface area (Å²) >= 11 is 12.2. The number of amides is 3. The van der Waals surface area contributed by atoms with E-state index in [-0.39, 0.29) is 23.5 Å². The summed E-state index contributed by atoms with van der Waals surface area (Å²) in [4.78, 5) is 27.9. The lowest BCUT2D eigenvalue weighted by molar-refractivity contribution is -0.128. The number of urea groups is 1. The molecule has 5 nitrogen and oxygen atoms in total. The van der Waals surface area contributed by atoms with Crippen LogP contribution in [0, 0.1) is 17.8 Å². The Morgan fingerprint density at radius 2 is 1.72 bits per heavy atom. The second kappa shape index (κ2) is 9.06. The minimum atomic E-state index is -0.122. The van der Waals surface area contributed by atoms with Gasteiger partial charge in [-0.1, -0.05) is 29.3 Å². The van der Waals surface area contributed by atoms with Crippen molar-refractivity contribution in [2.75, 3.05) is 6.54 Å². The van der Waals surface area contributed by atoms with E-state index in [9.17, 15) is 9.59 Å². The van der Waals surface area contributed by atoms with E-state index in [0.717, 1.165) is 61.8 Å². The molecule has 1 aliphatic heterocycles. The highest BCUT2D eigenvalue weighted by atomic mass is 35.5. The highest BCUT2D eigenvalue weighted by molar-refractivity contribution is 6.35. The molecular formula is C25H33Cl2N3O2. The Balaban J connectivity index is 1.18. The summed E-state index contributed by atoms with van der Waals surface area (Å²) < 4.78 is 0. The van der Waals surface area contributed by atoms with Gasteiger partial charge in [0.25, 0.3) is 0 Å². The number of carbonyl (C=O) groups is 2. The van der Waals surface area contributed by atoms with E-state index in [1.165, 1.54) is 19.3 Å². The molecule has 4 bridgehead atoms. The van der Waals surface area contributed by atoms with Crippen LogP contribution in [0.15, 0.2) is 18.2 Å². The van der Waals surface area contributed by atoms with Crippen LogP contribution in [0.3, 0.4) is 0 Å². The van der Waals surface area contributed by atoms with Crippen LogP contribution in [0.5, 0.6) is 0 Å². The Bertz CT molecular complexity index is 855. The third kappa shape index (κ3) is 4.75. The second-order valence-electron chi connectivity index (χ2n) is 10.7. The van der Waals surface area contributed by atoms with Gasteiger partial charge in [-0.3, -0.25) is 4.79 Å². The van der Waals surface area contributed by atoms with Gasteiger partial charge in [-0.2, -0.15) is 0 Å². The second-order valence-corrected chi connectivity index (χ2v) is 11.5. The number of rotatable bonds is 5. The molecule has 1 heterocycles. The van der Waals surface area contributed by atoms with E-state index in [4.69, 9.17) is 23.2 Å². The van der Waals surface area contributed by atoms with E-state index < -0.39 is 0 Å². The van der Waals surface area contributed by atoms with Crippen molar-refractivity contribution in [2.45, 2.75) is 82.3 Å². The molecule has 6 rings (SSSR count). The third-order valence-electron chi connectivity index (χ3n) is 8.20. The minimum absolute atomic E-state index is 0.0267. The van der Waals surface area contributed by atoms with Gasteiger partial charge in [0, 0.05) is 41.1 Å². The molecule has 1 unspecified atom stereocenters. The van der Waals surface area contributed by atoms with Crippen LogP contribution in [0.1, 0.15) is 69.8 Å². The number of hydrogen-bond donors (Lipinski definition) is 2. The first kappa shape index (κ1) is 22.3. The molecule has 2 N–H and O–H groups in total. The first-order valence-corrected chi connectivity index (χ1v) is 12.9. The fourth-order valence-electron chi connectivity index (χ4n) is 7.24. The van der Waals surface area contributed by atoms with E-state index in [1.54, 1.807) is 12.1 Å². The summed E-state index contributed by atoms with van der Waals surface area (Å²) in [5.41, 5.74) is 0.858. The molecule has 174 valence electrons. The Labute approximate surface area is 200 Å². The molecule has 0 radical (unpaired) electrons. The monoisotopic (exact) mass is 477 g/mol. The first-order chi connectivity index (χ1) is 15.4. The predicted octanol–water partition coefficient (Wildman–Crippen LogP) is 5.53. The molecule has 1 aromatic rings. The Kier molecular flexibility index (Phi) is 6.32. The molecule has 0 spiro atoms. The van der Waals surface area contributed by atoms with Crippen LogP contribution >= 0.6 is 23.2 Å². The molecule has 1 saturated heterocycles. The zero-order valence-electron chi connectivity index (χ0n) is 18.5. The van der Waals surface area contributed by atoms with Crippen molar-refractivity contribution in [3.8, 4) is 0 Å². The number of nitrogens with zero attached hydrogens (tertiary/aromatic N) is 1. The van der Waals surface area contributed by atoms with E-state index >= 15 is 0 Å². The SMILES string of the molecule is O=C(CC1CCCCN1C(=O)NCc1ccc(Cl)cc1Cl)NC12CC3CC(CC(C3)C1)C2. The van der Waals surface area contributed by atoms with E-state index in [1.807, 2.05) is 11.0 Å². The van der Waals surface area contributed by atoms with Crippen LogP contribution in [-0.2, 0) is 11.3 Å². The number of likely N-dealkylation sites (tertiary alicyclic amines) is 1. The number of benzene rings is 1. The van der Waals surface area contributed by atoms with Gasteiger partial charge in [0.2, 0.25) is 5.91 Å². The quantitative estimate of drug-likeness (QED) is 0.585. The zero-order chi connectivity index (χ0) is 22.3. The summed E-state index contributed by atoms with van der Waals surface area (Å²) in [7, 11) is 0. The lowest BCUT2D eigenvalue weighted by atomic mass is 9.53. The molecule has 1 atom stereocenters. The average Bonchev–Trinajstić information content (AvgIpc) is 2.72. The van der Waals surface area contributed by atoms with Gasteiger partial charge in [-0.25, -0.2) is 4.79 Å². The average molecular weight is 478 g/mol. The van der Waals surface area contributed by atoms with Crippen LogP contribution < -0.4 is 10.6 Å². The number of carbonyl (C=O) groups excluding carboxylic acids is 2. The van der Waals surface area contributed by atoms with Crippen molar-refractivity contribution in [2.24, 2.45) is 17.8 Å². The maximum atomic E-state index is 13.1. The maximum Gasteiger partial charge on any atom is 0.317 e. The van der Waals surface area contributed by atoms with E-state index in [0.29, 0.717) is 29.6 Å². The van der Waals surface area contributed by atoms with Gasteiger partial charge in [-0.15, -0.1) is 0 Å². The maximum absolute atomic E-state index is 13.1. The fraction of sp³-hybridized carbons (Fsp3) is 0.680. The van der Waals surface area contributed by atoms with Gasteiger partial charge in [0.1, 0.15) is 0 Å². The molecule has 5 aliphatic rings. The van der Waals surface area contributed by atoms with Gasteiger partial charge in [-0.05, 0) is 93.2 Å². The highest BCUT2D eigenvalue weighted by Gasteiger charge is 2.51. The largest absolute Gasteiger partial charge is 0.351 e. The van der Waals surface area contributed by atoms with Crippen molar-refractivity contribution in [3.63, 3.8) is 0 Å². The standard InChI is InChI=1S/C25H33Cl2N3O2/c26-20-5-4-19(22(27)10-20)15-28-24(32)30-6-2-1-3-21(30)11-23(31)29-25-12-16-7-17(13-25)9-18(8-16)14-25/h4-5,10,16-18,21H,1-3,6-9,11-15H2,(H,28,32)(H,29,31). The Hall–Kier alpha value is -1.46. The van der Waals surface area contributed by atoms with Gasteiger partial charge in [0.15, 0.2) is 0 Å². The molecule has 0 aromatic heterocycles. The molecule has 5 fully saturated rings. The zero-order valence-corrected chi connectivity index (χ0v) is 20.1. The first-order valence-electron chi connectivity index (χ1n) is 12.2.